The monoisotopic (exact) mass is 315 g/mol. The Morgan fingerprint density at radius 1 is 1.17 bits per heavy atom. The number of hydrogen-bond acceptors (Lipinski definition) is 3. The number of aliphatic hydroxyl groups excluding tert-OH is 1. The smallest absolute Gasteiger partial charge is 0.119 e. The van der Waals surface area contributed by atoms with Crippen molar-refractivity contribution in [3.8, 4) is 5.75 Å². The second-order valence-electron chi connectivity index (χ2n) is 4.22. The molecule has 0 amide bonds. The zero-order chi connectivity index (χ0) is 13.2. The average Bonchev–Trinajstić information content (AvgIpc) is 2.38. The Morgan fingerprint density at radius 3 is 2.50 bits per heavy atom. The zero-order valence-corrected chi connectivity index (χ0v) is 12.5. The van der Waals surface area contributed by atoms with Crippen LogP contribution in [-0.2, 0) is 0 Å². The van der Waals surface area contributed by atoms with Crippen molar-refractivity contribution in [2.45, 2.75) is 19.8 Å². The Morgan fingerprint density at radius 2 is 1.89 bits per heavy atom. The third kappa shape index (κ3) is 6.38. The van der Waals surface area contributed by atoms with Crippen molar-refractivity contribution in [3.63, 3.8) is 0 Å². The summed E-state index contributed by atoms with van der Waals surface area (Å²) in [5, 5.41) is 9.00. The number of aliphatic hydroxyl groups is 1. The number of unbranched alkanes of at least 4 members (excludes halogenated alkanes) is 1. The van der Waals surface area contributed by atoms with E-state index in [2.05, 4.69) is 27.8 Å². The van der Waals surface area contributed by atoms with Gasteiger partial charge in [-0.1, -0.05) is 29.3 Å². The van der Waals surface area contributed by atoms with Crippen molar-refractivity contribution in [3.05, 3.63) is 28.7 Å². The Balaban J connectivity index is 2.26. The predicted octanol–water partition coefficient (Wildman–Crippen LogP) is 2.92. The molecular formula is C14H22BrNO2. The second-order valence-corrected chi connectivity index (χ2v) is 5.14. The van der Waals surface area contributed by atoms with Crippen molar-refractivity contribution in [1.29, 1.82) is 0 Å². The number of benzene rings is 1. The molecule has 0 aliphatic carbocycles. The van der Waals surface area contributed by atoms with E-state index in [9.17, 15) is 0 Å². The van der Waals surface area contributed by atoms with Crippen molar-refractivity contribution in [1.82, 2.24) is 4.90 Å². The van der Waals surface area contributed by atoms with Crippen LogP contribution >= 0.6 is 15.9 Å². The van der Waals surface area contributed by atoms with Crippen molar-refractivity contribution >= 4 is 15.9 Å². The molecule has 3 nitrogen and oxygen atoms in total. The fourth-order valence-electron chi connectivity index (χ4n) is 1.68. The summed E-state index contributed by atoms with van der Waals surface area (Å²) in [6, 6.07) is 7.84. The molecule has 1 aromatic carbocycles. The maximum absolute atomic E-state index is 9.00. The highest BCUT2D eigenvalue weighted by atomic mass is 79.9. The van der Waals surface area contributed by atoms with Gasteiger partial charge in [0.25, 0.3) is 0 Å². The number of nitrogens with zero attached hydrogens (tertiary/aromatic N) is 1. The van der Waals surface area contributed by atoms with E-state index < -0.39 is 0 Å². The SMILES string of the molecule is CCCCN(CCO)CCOc1ccc(Br)cc1. The van der Waals surface area contributed by atoms with Gasteiger partial charge in [-0.15, -0.1) is 0 Å². The van der Waals surface area contributed by atoms with Crippen LogP contribution in [0.25, 0.3) is 0 Å². The van der Waals surface area contributed by atoms with Gasteiger partial charge in [-0.2, -0.15) is 0 Å². The standard InChI is InChI=1S/C14H22BrNO2/c1-2-3-8-16(9-11-17)10-12-18-14-6-4-13(15)5-7-14/h4-7,17H,2-3,8-12H2,1H3. The fourth-order valence-corrected chi connectivity index (χ4v) is 1.95. The summed E-state index contributed by atoms with van der Waals surface area (Å²) < 4.78 is 6.73. The van der Waals surface area contributed by atoms with Crippen LogP contribution in [0.15, 0.2) is 28.7 Å². The summed E-state index contributed by atoms with van der Waals surface area (Å²) in [6.07, 6.45) is 2.34. The Kier molecular flexibility index (Phi) is 8.05. The van der Waals surface area contributed by atoms with Gasteiger partial charge in [0.2, 0.25) is 0 Å². The van der Waals surface area contributed by atoms with Crippen LogP contribution in [0.1, 0.15) is 19.8 Å². The summed E-state index contributed by atoms with van der Waals surface area (Å²) in [5.41, 5.74) is 0. The van der Waals surface area contributed by atoms with Crippen LogP contribution in [0.4, 0.5) is 0 Å². The highest BCUT2D eigenvalue weighted by molar-refractivity contribution is 9.10. The number of ether oxygens (including phenoxy) is 1. The molecule has 0 aliphatic heterocycles. The molecule has 0 aliphatic rings. The molecule has 0 radical (unpaired) electrons. The van der Waals surface area contributed by atoms with Crippen molar-refractivity contribution < 1.29 is 9.84 Å². The molecule has 0 unspecified atom stereocenters. The third-order valence-electron chi connectivity index (χ3n) is 2.73. The first-order valence-corrected chi connectivity index (χ1v) is 7.27. The molecule has 102 valence electrons. The van der Waals surface area contributed by atoms with Gasteiger partial charge < -0.3 is 9.84 Å². The molecule has 0 bridgehead atoms. The van der Waals surface area contributed by atoms with Crippen LogP contribution in [-0.4, -0.2) is 42.9 Å². The lowest BCUT2D eigenvalue weighted by Gasteiger charge is -2.21. The van der Waals surface area contributed by atoms with E-state index in [-0.39, 0.29) is 6.61 Å². The lowest BCUT2D eigenvalue weighted by atomic mass is 10.3. The van der Waals surface area contributed by atoms with Gasteiger partial charge in [-0.05, 0) is 37.2 Å². The van der Waals surface area contributed by atoms with Gasteiger partial charge in [0.05, 0.1) is 6.61 Å². The summed E-state index contributed by atoms with van der Waals surface area (Å²) in [7, 11) is 0. The average molecular weight is 316 g/mol. The molecule has 0 aromatic heterocycles. The minimum absolute atomic E-state index is 0.210. The molecular weight excluding hydrogens is 294 g/mol. The van der Waals surface area contributed by atoms with Gasteiger partial charge in [0, 0.05) is 17.6 Å². The molecule has 1 rings (SSSR count). The first kappa shape index (κ1) is 15.5. The number of rotatable bonds is 9. The maximum Gasteiger partial charge on any atom is 0.119 e. The van der Waals surface area contributed by atoms with E-state index in [1.807, 2.05) is 24.3 Å². The minimum Gasteiger partial charge on any atom is -0.492 e. The van der Waals surface area contributed by atoms with E-state index >= 15 is 0 Å². The molecule has 18 heavy (non-hydrogen) atoms. The van der Waals surface area contributed by atoms with Crippen LogP contribution < -0.4 is 4.74 Å². The molecule has 0 heterocycles. The lowest BCUT2D eigenvalue weighted by molar-refractivity contribution is 0.167. The molecule has 4 heteroatoms. The Bertz CT molecular complexity index is 316. The lowest BCUT2D eigenvalue weighted by Crippen LogP contribution is -2.32. The van der Waals surface area contributed by atoms with Crippen LogP contribution in [0.3, 0.4) is 0 Å². The largest absolute Gasteiger partial charge is 0.492 e. The Hall–Kier alpha value is -0.580. The summed E-state index contributed by atoms with van der Waals surface area (Å²) in [5.74, 6) is 0.887. The van der Waals surface area contributed by atoms with Gasteiger partial charge >= 0.3 is 0 Å². The summed E-state index contributed by atoms with van der Waals surface area (Å²) in [4.78, 5) is 2.24. The first-order chi connectivity index (χ1) is 8.76. The second kappa shape index (κ2) is 9.36. The normalized spacial score (nSPS) is 10.9. The quantitative estimate of drug-likeness (QED) is 0.760. The summed E-state index contributed by atoms with van der Waals surface area (Å²) in [6.45, 7) is 5.66. The third-order valence-corrected chi connectivity index (χ3v) is 3.26. The number of hydrogen-bond donors (Lipinski definition) is 1. The van der Waals surface area contributed by atoms with E-state index in [0.717, 1.165) is 36.3 Å². The molecule has 0 spiro atoms. The van der Waals surface area contributed by atoms with Crippen molar-refractivity contribution in [2.24, 2.45) is 0 Å². The van der Waals surface area contributed by atoms with Gasteiger partial charge in [-0.25, -0.2) is 0 Å². The molecule has 0 atom stereocenters. The molecule has 0 fully saturated rings. The van der Waals surface area contributed by atoms with E-state index in [0.29, 0.717) is 6.61 Å². The van der Waals surface area contributed by atoms with E-state index in [4.69, 9.17) is 9.84 Å². The van der Waals surface area contributed by atoms with Gasteiger partial charge in [0.15, 0.2) is 0 Å². The maximum atomic E-state index is 9.00. The van der Waals surface area contributed by atoms with Crippen LogP contribution in [0, 0.1) is 0 Å². The highest BCUT2D eigenvalue weighted by Gasteiger charge is 2.03. The molecule has 1 aromatic rings. The van der Waals surface area contributed by atoms with E-state index in [1.165, 1.54) is 6.42 Å². The number of halogens is 1. The van der Waals surface area contributed by atoms with Gasteiger partial charge in [-0.3, -0.25) is 4.90 Å². The predicted molar refractivity (Wildman–Crippen MR) is 78.1 cm³/mol. The molecule has 0 saturated carbocycles. The summed E-state index contributed by atoms with van der Waals surface area (Å²) >= 11 is 3.39. The molecule has 0 saturated heterocycles. The van der Waals surface area contributed by atoms with E-state index in [1.54, 1.807) is 0 Å². The van der Waals surface area contributed by atoms with Gasteiger partial charge in [0.1, 0.15) is 12.4 Å². The fraction of sp³-hybridized carbons (Fsp3) is 0.571. The van der Waals surface area contributed by atoms with Crippen molar-refractivity contribution in [2.75, 3.05) is 32.8 Å². The first-order valence-electron chi connectivity index (χ1n) is 6.48. The minimum atomic E-state index is 0.210. The Labute approximate surface area is 118 Å². The zero-order valence-electron chi connectivity index (χ0n) is 10.9. The van der Waals surface area contributed by atoms with Crippen LogP contribution in [0.5, 0.6) is 5.75 Å². The topological polar surface area (TPSA) is 32.7 Å². The molecule has 1 N–H and O–H groups in total. The highest BCUT2D eigenvalue weighted by Crippen LogP contribution is 2.15. The van der Waals surface area contributed by atoms with Crippen LogP contribution in [0.2, 0.25) is 0 Å².